The van der Waals surface area contributed by atoms with Gasteiger partial charge in [0.1, 0.15) is 0 Å². The second-order valence-electron chi connectivity index (χ2n) is 6.34. The monoisotopic (exact) mass is 240 g/mol. The maximum Gasteiger partial charge on any atom is 0.0786 e. The van der Waals surface area contributed by atoms with Gasteiger partial charge in [0.05, 0.1) is 5.60 Å². The Bertz CT molecular complexity index is 236. The third-order valence-electron chi connectivity index (χ3n) is 4.49. The van der Waals surface area contributed by atoms with E-state index in [9.17, 15) is 5.11 Å². The van der Waals surface area contributed by atoms with Crippen LogP contribution < -0.4 is 10.6 Å². The predicted octanol–water partition coefficient (Wildman–Crippen LogP) is 1.66. The number of hydrogen-bond acceptors (Lipinski definition) is 3. The molecule has 100 valence electrons. The minimum absolute atomic E-state index is 0.273. The summed E-state index contributed by atoms with van der Waals surface area (Å²) in [5, 5.41) is 17.7. The van der Waals surface area contributed by atoms with Gasteiger partial charge in [0.15, 0.2) is 0 Å². The van der Waals surface area contributed by atoms with Crippen LogP contribution in [0.4, 0.5) is 0 Å². The summed E-state index contributed by atoms with van der Waals surface area (Å²) in [5.41, 5.74) is -0.566. The second kappa shape index (κ2) is 5.68. The van der Waals surface area contributed by atoms with Gasteiger partial charge in [0.2, 0.25) is 0 Å². The van der Waals surface area contributed by atoms with Crippen molar-refractivity contribution in [3.63, 3.8) is 0 Å². The molecule has 2 fully saturated rings. The molecule has 0 spiro atoms. The Hall–Kier alpha value is -0.120. The Morgan fingerprint density at radius 3 is 2.65 bits per heavy atom. The quantitative estimate of drug-likeness (QED) is 0.703. The van der Waals surface area contributed by atoms with Gasteiger partial charge in [-0.05, 0) is 58.0 Å². The fourth-order valence-electron chi connectivity index (χ4n) is 3.32. The maximum atomic E-state index is 10.7. The largest absolute Gasteiger partial charge is 0.388 e. The standard InChI is InChI=1S/C14H28N2O/c1-11-6-8-16-13(9-11)14(2,17)10-12-5-3-4-7-15-12/h11-13,15-17H,3-10H2,1-2H3. The first-order valence-electron chi connectivity index (χ1n) is 7.27. The van der Waals surface area contributed by atoms with Crippen LogP contribution in [0.1, 0.15) is 52.4 Å². The van der Waals surface area contributed by atoms with Crippen LogP contribution in [0.25, 0.3) is 0 Å². The van der Waals surface area contributed by atoms with Crippen molar-refractivity contribution in [2.24, 2.45) is 5.92 Å². The van der Waals surface area contributed by atoms with E-state index in [1.165, 1.54) is 25.7 Å². The van der Waals surface area contributed by atoms with Crippen molar-refractivity contribution in [2.75, 3.05) is 13.1 Å². The minimum atomic E-state index is -0.566. The van der Waals surface area contributed by atoms with Crippen LogP contribution in [0.5, 0.6) is 0 Å². The molecule has 3 heteroatoms. The average molecular weight is 240 g/mol. The van der Waals surface area contributed by atoms with E-state index in [-0.39, 0.29) is 6.04 Å². The molecule has 0 aromatic heterocycles. The van der Waals surface area contributed by atoms with E-state index in [4.69, 9.17) is 0 Å². The van der Waals surface area contributed by atoms with Crippen molar-refractivity contribution in [1.82, 2.24) is 10.6 Å². The molecule has 2 aliphatic rings. The molecule has 4 unspecified atom stereocenters. The fourth-order valence-corrected chi connectivity index (χ4v) is 3.32. The molecule has 2 saturated heterocycles. The Labute approximate surface area is 105 Å². The Morgan fingerprint density at radius 1 is 1.18 bits per heavy atom. The third kappa shape index (κ3) is 3.67. The van der Waals surface area contributed by atoms with E-state index in [0.717, 1.165) is 31.8 Å². The minimum Gasteiger partial charge on any atom is -0.388 e. The number of nitrogens with one attached hydrogen (secondary N) is 2. The molecule has 17 heavy (non-hydrogen) atoms. The Morgan fingerprint density at radius 2 is 2.00 bits per heavy atom. The molecule has 2 aliphatic heterocycles. The molecule has 2 rings (SSSR count). The van der Waals surface area contributed by atoms with Gasteiger partial charge in [-0.3, -0.25) is 0 Å². The zero-order valence-corrected chi connectivity index (χ0v) is 11.3. The highest BCUT2D eigenvalue weighted by atomic mass is 16.3. The van der Waals surface area contributed by atoms with Gasteiger partial charge in [0, 0.05) is 12.1 Å². The van der Waals surface area contributed by atoms with Crippen LogP contribution in [-0.4, -0.2) is 35.9 Å². The van der Waals surface area contributed by atoms with Crippen molar-refractivity contribution in [1.29, 1.82) is 0 Å². The predicted molar refractivity (Wildman–Crippen MR) is 71.1 cm³/mol. The van der Waals surface area contributed by atoms with E-state index in [1.807, 2.05) is 6.92 Å². The summed E-state index contributed by atoms with van der Waals surface area (Å²) in [6.07, 6.45) is 7.06. The number of piperidine rings is 2. The van der Waals surface area contributed by atoms with Gasteiger partial charge < -0.3 is 15.7 Å². The third-order valence-corrected chi connectivity index (χ3v) is 4.49. The zero-order valence-electron chi connectivity index (χ0n) is 11.3. The first kappa shape index (κ1) is 13.3. The smallest absolute Gasteiger partial charge is 0.0786 e. The maximum absolute atomic E-state index is 10.7. The first-order chi connectivity index (χ1) is 8.08. The normalized spacial score (nSPS) is 38.6. The van der Waals surface area contributed by atoms with Crippen LogP contribution in [0.3, 0.4) is 0 Å². The summed E-state index contributed by atoms with van der Waals surface area (Å²) in [6, 6.07) is 0.785. The van der Waals surface area contributed by atoms with Crippen molar-refractivity contribution in [3.8, 4) is 0 Å². The molecule has 0 radical (unpaired) electrons. The van der Waals surface area contributed by atoms with Gasteiger partial charge in [0.25, 0.3) is 0 Å². The first-order valence-corrected chi connectivity index (χ1v) is 7.27. The Kier molecular flexibility index (Phi) is 4.45. The summed E-state index contributed by atoms with van der Waals surface area (Å²) in [5.74, 6) is 0.743. The average Bonchev–Trinajstić information content (AvgIpc) is 2.30. The van der Waals surface area contributed by atoms with E-state index < -0.39 is 5.60 Å². The van der Waals surface area contributed by atoms with E-state index >= 15 is 0 Å². The Balaban J connectivity index is 1.87. The molecule has 0 aromatic rings. The molecule has 0 aliphatic carbocycles. The summed E-state index contributed by atoms with van der Waals surface area (Å²) >= 11 is 0. The topological polar surface area (TPSA) is 44.3 Å². The van der Waals surface area contributed by atoms with Crippen molar-refractivity contribution in [3.05, 3.63) is 0 Å². The van der Waals surface area contributed by atoms with Crippen molar-refractivity contribution in [2.45, 2.75) is 70.1 Å². The van der Waals surface area contributed by atoms with E-state index in [0.29, 0.717) is 6.04 Å². The highest BCUT2D eigenvalue weighted by Gasteiger charge is 2.36. The SMILES string of the molecule is CC1CCNC(C(C)(O)CC2CCCCN2)C1. The summed E-state index contributed by atoms with van der Waals surface area (Å²) < 4.78 is 0. The second-order valence-corrected chi connectivity index (χ2v) is 6.34. The van der Waals surface area contributed by atoms with E-state index in [1.54, 1.807) is 0 Å². The van der Waals surface area contributed by atoms with E-state index in [2.05, 4.69) is 17.6 Å². The summed E-state index contributed by atoms with van der Waals surface area (Å²) in [4.78, 5) is 0. The van der Waals surface area contributed by atoms with Crippen LogP contribution in [0, 0.1) is 5.92 Å². The summed E-state index contributed by atoms with van der Waals surface area (Å²) in [6.45, 7) is 6.48. The van der Waals surface area contributed by atoms with Gasteiger partial charge >= 0.3 is 0 Å². The highest BCUT2D eigenvalue weighted by molar-refractivity contribution is 4.94. The number of aliphatic hydroxyl groups is 1. The summed E-state index contributed by atoms with van der Waals surface area (Å²) in [7, 11) is 0. The fraction of sp³-hybridized carbons (Fsp3) is 1.00. The van der Waals surface area contributed by atoms with Gasteiger partial charge in [-0.1, -0.05) is 13.3 Å². The molecule has 3 N–H and O–H groups in total. The van der Waals surface area contributed by atoms with Gasteiger partial charge in [-0.15, -0.1) is 0 Å². The molecule has 0 saturated carbocycles. The van der Waals surface area contributed by atoms with Crippen molar-refractivity contribution < 1.29 is 5.11 Å². The van der Waals surface area contributed by atoms with Gasteiger partial charge in [-0.25, -0.2) is 0 Å². The van der Waals surface area contributed by atoms with Crippen LogP contribution in [-0.2, 0) is 0 Å². The lowest BCUT2D eigenvalue weighted by atomic mass is 9.80. The molecular weight excluding hydrogens is 212 g/mol. The molecule has 3 nitrogen and oxygen atoms in total. The lowest BCUT2D eigenvalue weighted by molar-refractivity contribution is -0.0143. The molecule has 2 heterocycles. The molecule has 0 aromatic carbocycles. The van der Waals surface area contributed by atoms with Crippen molar-refractivity contribution >= 4 is 0 Å². The van der Waals surface area contributed by atoms with Crippen LogP contribution in [0.2, 0.25) is 0 Å². The molecule has 4 atom stereocenters. The molecule has 0 amide bonds. The lowest BCUT2D eigenvalue weighted by Crippen LogP contribution is -2.55. The molecular formula is C14H28N2O. The van der Waals surface area contributed by atoms with Crippen LogP contribution in [0.15, 0.2) is 0 Å². The van der Waals surface area contributed by atoms with Crippen LogP contribution >= 0.6 is 0 Å². The van der Waals surface area contributed by atoms with Gasteiger partial charge in [-0.2, -0.15) is 0 Å². The highest BCUT2D eigenvalue weighted by Crippen LogP contribution is 2.28. The number of rotatable bonds is 3. The molecule has 0 bridgehead atoms. The zero-order chi connectivity index (χ0) is 12.3. The lowest BCUT2D eigenvalue weighted by Gasteiger charge is -2.41. The number of hydrogen-bond donors (Lipinski definition) is 3.